The van der Waals surface area contributed by atoms with Crippen LogP contribution in [-0.2, 0) is 19.1 Å². The van der Waals surface area contributed by atoms with Gasteiger partial charge in [-0.3, -0.25) is 19.3 Å². The van der Waals surface area contributed by atoms with Crippen molar-refractivity contribution in [1.82, 2.24) is 20.4 Å². The van der Waals surface area contributed by atoms with Crippen LogP contribution in [0.2, 0.25) is 0 Å². The Hall–Kier alpha value is -5.84. The Morgan fingerprint density at radius 2 is 1.82 bits per heavy atom. The summed E-state index contributed by atoms with van der Waals surface area (Å²) in [4.78, 5) is 52.7. The largest absolute Gasteiger partial charge is 0.490 e. The van der Waals surface area contributed by atoms with Crippen molar-refractivity contribution in [2.45, 2.75) is 51.2 Å². The molecule has 16 heteroatoms. The van der Waals surface area contributed by atoms with Crippen LogP contribution in [0, 0.1) is 0 Å². The van der Waals surface area contributed by atoms with Crippen LogP contribution < -0.4 is 27.2 Å². The van der Waals surface area contributed by atoms with Crippen molar-refractivity contribution in [3.8, 4) is 17.1 Å². The molecule has 0 spiro atoms. The third-order valence-corrected chi connectivity index (χ3v) is 9.69. The Bertz CT molecular complexity index is 2030. The molecule has 3 aromatic carbocycles. The first-order chi connectivity index (χ1) is 26.8. The van der Waals surface area contributed by atoms with E-state index in [1.807, 2.05) is 41.3 Å². The zero-order chi connectivity index (χ0) is 38.7. The molecule has 3 heterocycles. The number of piperidine rings is 1. The second-order valence-corrected chi connectivity index (χ2v) is 13.3. The van der Waals surface area contributed by atoms with Gasteiger partial charge in [-0.2, -0.15) is 5.10 Å². The second-order valence-electron chi connectivity index (χ2n) is 13.3. The number of aromatic nitrogens is 1. The molecule has 0 aliphatic carbocycles. The van der Waals surface area contributed by atoms with E-state index in [1.54, 1.807) is 31.2 Å². The van der Waals surface area contributed by atoms with Gasteiger partial charge in [-0.25, -0.2) is 5.84 Å². The number of nitrogens with one attached hydrogen (secondary N) is 2. The van der Waals surface area contributed by atoms with E-state index in [9.17, 15) is 19.2 Å². The lowest BCUT2D eigenvalue weighted by Gasteiger charge is -2.32. The van der Waals surface area contributed by atoms with E-state index in [1.165, 1.54) is 4.90 Å². The maximum absolute atomic E-state index is 13.1. The van der Waals surface area contributed by atoms with E-state index in [0.29, 0.717) is 111 Å². The zero-order valence-corrected chi connectivity index (χ0v) is 30.7. The lowest BCUT2D eigenvalue weighted by atomic mass is 10.0. The number of imide groups is 1. The average Bonchev–Trinajstić information content (AvgIpc) is 3.74. The van der Waals surface area contributed by atoms with Gasteiger partial charge in [0.25, 0.3) is 11.8 Å². The predicted octanol–water partition coefficient (Wildman–Crippen LogP) is 3.45. The molecule has 2 aliphatic heterocycles. The number of amides is 3. The number of anilines is 1. The number of amidine groups is 1. The van der Waals surface area contributed by atoms with Gasteiger partial charge in [0.05, 0.1) is 49.4 Å². The number of aldehydes is 1. The lowest BCUT2D eigenvalue weighted by molar-refractivity contribution is -0.134. The summed E-state index contributed by atoms with van der Waals surface area (Å²) in [5.41, 5.74) is 5.92. The number of likely N-dealkylation sites (tertiary alicyclic amines) is 1. The van der Waals surface area contributed by atoms with Crippen LogP contribution in [0.5, 0.6) is 5.75 Å². The van der Waals surface area contributed by atoms with Crippen LogP contribution in [0.25, 0.3) is 22.2 Å². The first-order valence-electron chi connectivity index (χ1n) is 18.4. The van der Waals surface area contributed by atoms with Gasteiger partial charge in [0.1, 0.15) is 23.7 Å². The number of carbonyl (C=O) groups is 4. The first-order valence-corrected chi connectivity index (χ1v) is 18.4. The third kappa shape index (κ3) is 9.11. The second kappa shape index (κ2) is 18.5. The molecule has 2 aliphatic rings. The Balaban J connectivity index is 0.867. The summed E-state index contributed by atoms with van der Waals surface area (Å²) in [6, 6.07) is 17.8. The SMILES string of the molecule is CC(CCC=O)N1C(=O)c2cccc(NCCOCCOCCC(=O)N3CCC(Oc4cccc(-c5onc6ccc(C(=NN)NN)cc56)c4)CC3)c2C1=O. The summed E-state index contributed by atoms with van der Waals surface area (Å²) < 4.78 is 23.3. The highest BCUT2D eigenvalue weighted by atomic mass is 16.5. The highest BCUT2D eigenvalue weighted by molar-refractivity contribution is 6.24. The Morgan fingerprint density at radius 1 is 1.04 bits per heavy atom. The topological polar surface area (TPSA) is 217 Å². The minimum Gasteiger partial charge on any atom is -0.490 e. The minimum atomic E-state index is -0.376. The van der Waals surface area contributed by atoms with E-state index >= 15 is 0 Å². The molecular weight excluding hydrogens is 708 g/mol. The molecule has 0 bridgehead atoms. The molecule has 1 saturated heterocycles. The standard InChI is InChI=1S/C39H46N8O8/c1-25(5-4-18-48)47-38(50)30-8-3-9-33(35(30)39(47)51)42-15-20-53-22-21-52-19-14-34(49)46-16-12-28(13-17-46)54-29-7-2-6-26(23-29)36-31-24-27(37(43-40)44-41)10-11-32(31)45-55-36/h2-3,6-11,18,23-25,28,42H,4-5,12-17,19-22,40-41H2,1H3,(H,43,44). The number of hydrazine groups is 1. The predicted molar refractivity (Wildman–Crippen MR) is 204 cm³/mol. The number of benzene rings is 3. The molecule has 1 aromatic heterocycles. The molecule has 1 fully saturated rings. The van der Waals surface area contributed by atoms with Crippen molar-refractivity contribution in [2.75, 3.05) is 51.4 Å². The van der Waals surface area contributed by atoms with Crippen molar-refractivity contribution in [1.29, 1.82) is 0 Å². The maximum Gasteiger partial charge on any atom is 0.263 e. The molecule has 16 nitrogen and oxygen atoms in total. The molecule has 1 atom stereocenters. The van der Waals surface area contributed by atoms with E-state index < -0.39 is 0 Å². The Labute approximate surface area is 318 Å². The van der Waals surface area contributed by atoms with E-state index in [2.05, 4.69) is 21.0 Å². The highest BCUT2D eigenvalue weighted by Crippen LogP contribution is 2.33. The maximum atomic E-state index is 13.1. The van der Waals surface area contributed by atoms with Crippen molar-refractivity contribution < 1.29 is 37.9 Å². The Morgan fingerprint density at radius 3 is 2.58 bits per heavy atom. The fourth-order valence-electron chi connectivity index (χ4n) is 6.81. The van der Waals surface area contributed by atoms with Crippen molar-refractivity contribution in [3.63, 3.8) is 0 Å². The van der Waals surface area contributed by atoms with Crippen LogP contribution in [0.1, 0.15) is 65.3 Å². The number of nitrogens with zero attached hydrogens (tertiary/aromatic N) is 4. The number of fused-ring (bicyclic) bond motifs is 2. The van der Waals surface area contributed by atoms with Gasteiger partial charge in [0, 0.05) is 61.8 Å². The highest BCUT2D eigenvalue weighted by Gasteiger charge is 2.39. The molecule has 6 rings (SSSR count). The fraction of sp³-hybridized carbons (Fsp3) is 0.385. The zero-order valence-electron chi connectivity index (χ0n) is 30.7. The first kappa shape index (κ1) is 38.9. The number of nitrogens with two attached hydrogens (primary N) is 2. The number of carbonyl (C=O) groups excluding carboxylic acids is 4. The fourth-order valence-corrected chi connectivity index (χ4v) is 6.81. The van der Waals surface area contributed by atoms with E-state index in [0.717, 1.165) is 17.2 Å². The summed E-state index contributed by atoms with van der Waals surface area (Å²) in [7, 11) is 0. The molecule has 55 heavy (non-hydrogen) atoms. The minimum absolute atomic E-state index is 0.0370. The Kier molecular flexibility index (Phi) is 13.1. The number of hydrogen-bond donors (Lipinski definition) is 4. The lowest BCUT2D eigenvalue weighted by Crippen LogP contribution is -2.42. The smallest absolute Gasteiger partial charge is 0.263 e. The quantitative estimate of drug-likeness (QED) is 0.0218. The molecule has 3 amide bonds. The van der Waals surface area contributed by atoms with Gasteiger partial charge in [0.2, 0.25) is 5.91 Å². The average molecular weight is 755 g/mol. The normalized spacial score (nSPS) is 15.3. The summed E-state index contributed by atoms with van der Waals surface area (Å²) in [6.45, 7) is 4.69. The van der Waals surface area contributed by atoms with Crippen LogP contribution >= 0.6 is 0 Å². The number of hydrazone groups is 1. The summed E-state index contributed by atoms with van der Waals surface area (Å²) in [6.07, 6.45) is 3.13. The number of ether oxygens (including phenoxy) is 3. The van der Waals surface area contributed by atoms with Crippen LogP contribution in [0.4, 0.5) is 5.69 Å². The molecule has 6 N–H and O–H groups in total. The monoisotopic (exact) mass is 754 g/mol. The van der Waals surface area contributed by atoms with Gasteiger partial charge < -0.3 is 45.0 Å². The van der Waals surface area contributed by atoms with Gasteiger partial charge in [0.15, 0.2) is 11.6 Å². The van der Waals surface area contributed by atoms with Crippen LogP contribution in [-0.4, -0.2) is 103 Å². The third-order valence-electron chi connectivity index (χ3n) is 9.69. The molecule has 4 aromatic rings. The number of hydrogen-bond acceptors (Lipinski definition) is 13. The summed E-state index contributed by atoms with van der Waals surface area (Å²) in [5.74, 6) is 11.9. The molecule has 0 saturated carbocycles. The number of rotatable bonds is 18. The van der Waals surface area contributed by atoms with Gasteiger partial charge >= 0.3 is 0 Å². The molecule has 290 valence electrons. The van der Waals surface area contributed by atoms with Gasteiger partial charge in [-0.05, 0) is 55.8 Å². The molecule has 1 unspecified atom stereocenters. The summed E-state index contributed by atoms with van der Waals surface area (Å²) >= 11 is 0. The van der Waals surface area contributed by atoms with Crippen molar-refractivity contribution in [3.05, 3.63) is 77.4 Å². The van der Waals surface area contributed by atoms with E-state index in [4.69, 9.17) is 30.4 Å². The molecule has 0 radical (unpaired) electrons. The molecular formula is C39H46N8O8. The summed E-state index contributed by atoms with van der Waals surface area (Å²) in [5, 5.41) is 11.8. The van der Waals surface area contributed by atoms with Crippen LogP contribution in [0.3, 0.4) is 0 Å². The van der Waals surface area contributed by atoms with Gasteiger partial charge in [-0.1, -0.05) is 23.4 Å². The van der Waals surface area contributed by atoms with Crippen molar-refractivity contribution in [2.24, 2.45) is 16.8 Å². The van der Waals surface area contributed by atoms with Gasteiger partial charge in [-0.15, -0.1) is 0 Å². The van der Waals surface area contributed by atoms with Crippen LogP contribution in [0.15, 0.2) is 70.3 Å². The van der Waals surface area contributed by atoms with E-state index in [-0.39, 0.29) is 42.7 Å². The van der Waals surface area contributed by atoms with Crippen molar-refractivity contribution >= 4 is 46.4 Å².